The highest BCUT2D eigenvalue weighted by Gasteiger charge is 2.60. The number of amides is 4. The number of Topliss-reactive ketones (excluding diaryl/α,β-unsaturated/α-hetero) is 2. The van der Waals surface area contributed by atoms with Crippen LogP contribution in [0.15, 0.2) is 11.6 Å². The van der Waals surface area contributed by atoms with Crippen molar-refractivity contribution in [2.45, 2.75) is 340 Å². The summed E-state index contributed by atoms with van der Waals surface area (Å²) in [6, 6.07) is -1.39. The van der Waals surface area contributed by atoms with Crippen molar-refractivity contribution in [2.75, 3.05) is 72.5 Å². The van der Waals surface area contributed by atoms with Crippen molar-refractivity contribution in [3.63, 3.8) is 0 Å². The van der Waals surface area contributed by atoms with Crippen molar-refractivity contribution in [1.29, 1.82) is 0 Å². The van der Waals surface area contributed by atoms with E-state index in [1.165, 1.54) is 55.4 Å². The smallest absolute Gasteiger partial charge is 0.446 e. The number of ether oxygens (including phenoxy) is 5. The van der Waals surface area contributed by atoms with Gasteiger partial charge < -0.3 is 99.3 Å². The van der Waals surface area contributed by atoms with E-state index in [0.29, 0.717) is 114 Å². The van der Waals surface area contributed by atoms with Crippen LogP contribution in [0.25, 0.3) is 0 Å². The molecule has 5 aliphatic carbocycles. The molecule has 0 aromatic heterocycles. The summed E-state index contributed by atoms with van der Waals surface area (Å²) in [6.07, 6.45) is 13.9. The molecule has 12 N–H and O–H groups in total. The molecule has 0 bridgehead atoms. The van der Waals surface area contributed by atoms with E-state index >= 15 is 0 Å². The van der Waals surface area contributed by atoms with Gasteiger partial charge in [0.05, 0.1) is 63.4 Å². The van der Waals surface area contributed by atoms with Crippen molar-refractivity contribution < 1.29 is 121 Å². The second-order valence-electron chi connectivity index (χ2n) is 35.9. The lowest BCUT2D eigenvalue weighted by Gasteiger charge is -2.58. The van der Waals surface area contributed by atoms with E-state index in [9.17, 15) is 79.1 Å². The lowest BCUT2D eigenvalue weighted by molar-refractivity contribution is -0.282. The van der Waals surface area contributed by atoms with E-state index in [-0.39, 0.29) is 138 Å². The van der Waals surface area contributed by atoms with Gasteiger partial charge in [0.2, 0.25) is 17.7 Å². The average Bonchev–Trinajstić information content (AvgIpc) is 1.42. The lowest BCUT2D eigenvalue weighted by atomic mass is 9.47. The Balaban J connectivity index is 0.718. The maximum absolute atomic E-state index is 14.0. The Morgan fingerprint density at radius 1 is 0.655 bits per heavy atom. The van der Waals surface area contributed by atoms with E-state index in [4.69, 9.17) is 53.6 Å². The van der Waals surface area contributed by atoms with Gasteiger partial charge in [0.1, 0.15) is 49.0 Å². The number of aliphatic hydroxyl groups is 8. The van der Waals surface area contributed by atoms with Crippen LogP contribution in [0, 0.1) is 70.0 Å². The predicted molar refractivity (Wildman–Crippen MR) is 436 cm³/mol. The van der Waals surface area contributed by atoms with Crippen LogP contribution >= 0.6 is 15.0 Å². The SMILES string of the molecule is CC(C)CCC[C@@H](C)[C@H]1CCC2C3CC=C4CC(OC(=O)NCCCCCC(=O)C5CC(O[P+](=O)OC[C@@H]6C[C@@H](O)CN6C(=O)CCCCCCC(=O)[C@H](CCCCNC(=O)CCCCOC6OC(CO)C(O)C(O)C6C)NC(=O)CCCCOC6OC(CO)C(O)C(O)C6C)C[C@H]5COP(O)(=S)OCCO)CC[C@]4(C)C3CC[C@@]21C. The van der Waals surface area contributed by atoms with Crippen LogP contribution in [0.2, 0.25) is 0 Å². The number of rotatable bonds is 52. The summed E-state index contributed by atoms with van der Waals surface area (Å²) in [5.74, 6) is 1.42. The van der Waals surface area contributed by atoms with E-state index in [1.54, 1.807) is 13.8 Å². The van der Waals surface area contributed by atoms with Crippen LogP contribution in [0.3, 0.4) is 0 Å². The number of unbranched alkanes of at least 4 members (excludes halogenated alkanes) is 8. The zero-order valence-electron chi connectivity index (χ0n) is 70.3. The van der Waals surface area contributed by atoms with Crippen molar-refractivity contribution >= 4 is 62.2 Å². The largest absolute Gasteiger partial charge is 0.697 e. The molecule has 4 saturated carbocycles. The minimum Gasteiger partial charge on any atom is -0.446 e. The first-order chi connectivity index (χ1) is 55.4. The Kier molecular flexibility index (Phi) is 41.3. The Morgan fingerprint density at radius 2 is 1.28 bits per heavy atom. The summed E-state index contributed by atoms with van der Waals surface area (Å²) < 4.78 is 64.9. The number of carbonyl (C=O) groups excluding carboxylic acids is 6. The third kappa shape index (κ3) is 29.0. The molecule has 18 unspecified atom stereocenters. The minimum absolute atomic E-state index is 0.0563. The third-order valence-electron chi connectivity index (χ3n) is 27.2. The molecule has 3 heterocycles. The van der Waals surface area contributed by atoms with E-state index in [1.807, 2.05) is 0 Å². The van der Waals surface area contributed by atoms with Crippen molar-refractivity contribution in [3.8, 4) is 0 Å². The molecule has 3 aliphatic heterocycles. The number of β-amino-alcohol motifs (C(OH)–C–C–N with tert-alkyl or cyclic N) is 1. The van der Waals surface area contributed by atoms with Crippen LogP contribution < -0.4 is 16.0 Å². The summed E-state index contributed by atoms with van der Waals surface area (Å²) in [7, 11) is -2.76. The van der Waals surface area contributed by atoms with Gasteiger partial charge in [0.25, 0.3) is 0 Å². The molecule has 7 fully saturated rings. The van der Waals surface area contributed by atoms with Crippen molar-refractivity contribution in [1.82, 2.24) is 20.9 Å². The number of hydrogen-bond acceptors (Lipinski definition) is 25. The first-order valence-corrected chi connectivity index (χ1v) is 47.8. The fraction of sp³-hybridized carbons (Fsp3) is 0.905. The number of alkyl carbamates (subject to hydrolysis) is 1. The maximum atomic E-state index is 14.0. The number of ketones is 2. The van der Waals surface area contributed by atoms with Crippen molar-refractivity contribution in [3.05, 3.63) is 11.6 Å². The van der Waals surface area contributed by atoms with E-state index in [2.05, 4.69) is 56.6 Å². The highest BCUT2D eigenvalue weighted by molar-refractivity contribution is 8.07. The van der Waals surface area contributed by atoms with Gasteiger partial charge in [-0.2, -0.15) is 0 Å². The van der Waals surface area contributed by atoms with Gasteiger partial charge in [-0.05, 0) is 199 Å². The number of fused-ring (bicyclic) bond motifs is 5. The highest BCUT2D eigenvalue weighted by atomic mass is 32.5. The summed E-state index contributed by atoms with van der Waals surface area (Å²) >= 11 is 5.16. The molecular weight excluding hydrogens is 1560 g/mol. The molecule has 3 saturated heterocycles. The van der Waals surface area contributed by atoms with Gasteiger partial charge in [-0.1, -0.05) is 98.6 Å². The average molecular weight is 1710 g/mol. The van der Waals surface area contributed by atoms with Crippen LogP contribution in [-0.4, -0.2) is 238 Å². The van der Waals surface area contributed by atoms with Gasteiger partial charge >= 0.3 is 21.1 Å². The predicted octanol–water partition coefficient (Wildman–Crippen LogP) is 9.75. The van der Waals surface area contributed by atoms with Crippen LogP contribution in [-0.2, 0) is 82.1 Å². The van der Waals surface area contributed by atoms with E-state index < -0.39 is 131 Å². The van der Waals surface area contributed by atoms with E-state index in [0.717, 1.165) is 55.3 Å². The Bertz CT molecular complexity index is 3140. The standard InChI is InChI=1S/C84H144N4O25P2S/c1-53(2)22-21-23-54(3)65-32-33-66-63-31-30-58-45-61(34-36-83(58,6)67(63)35-37-84(65,66)7)110-82(102)86-39-17-10-12-25-69(93)64-47-62(44-57(64)51-109-115(104,116)108-43-40-89)113-114(103)107-52-59-46-60(92)48-88(59)75(97)29-13-9-8-11-26-70(94)68(87-74(96)28-16-20-42-106-81-56(5)77(99)79(101)72(50-91)112-81)24-14-18-38-85-73(95)27-15-19-41-105-80-55(4)76(98)78(100)71(49-90)111-80/h30,53-57,59-68,71-72,76-81,89-92,98-101H,8-29,31-52H2,1-7H3,(H3-,85,86,87,95,96,102,104,116)/p+1/t54-,55?,56?,57+,59+,60-,61?,62?,63?,64?,65-,66?,67?,68+,71?,72?,76?,77?,78?,79?,80?,81?,83+,84-,115?/m1/s1. The van der Waals surface area contributed by atoms with Crippen LogP contribution in [0.4, 0.5) is 4.79 Å². The number of likely N-dealkylation sites (tertiary alicyclic amines) is 1. The second-order valence-corrected chi connectivity index (χ2v) is 39.6. The molecule has 29 nitrogen and oxygen atoms in total. The molecule has 32 heteroatoms. The first kappa shape index (κ1) is 98.3. The van der Waals surface area contributed by atoms with Gasteiger partial charge in [-0.15, -0.1) is 9.05 Å². The Morgan fingerprint density at radius 3 is 1.95 bits per heavy atom. The number of allylic oxidation sites excluding steroid dienone is 1. The van der Waals surface area contributed by atoms with Crippen LogP contribution in [0.1, 0.15) is 260 Å². The molecule has 0 spiro atoms. The molecule has 8 rings (SSSR count). The fourth-order valence-electron chi connectivity index (χ4n) is 20.3. The Hall–Kier alpha value is -3.17. The Labute approximate surface area is 694 Å². The molecule has 8 aliphatic rings. The summed E-state index contributed by atoms with van der Waals surface area (Å²) in [5, 5.41) is 88.9. The number of nitrogens with zero attached hydrogens (tertiary/aromatic N) is 1. The monoisotopic (exact) mass is 1700 g/mol. The normalized spacial score (nSPS) is 33.6. The van der Waals surface area contributed by atoms with Gasteiger partial charge in [-0.25, -0.2) is 4.79 Å². The second kappa shape index (κ2) is 48.8. The molecular formula is C84H145N4O25P2S+. The summed E-state index contributed by atoms with van der Waals surface area (Å²) in [4.78, 5) is 93.0. The molecule has 4 amide bonds. The zero-order valence-corrected chi connectivity index (χ0v) is 72.9. The van der Waals surface area contributed by atoms with Gasteiger partial charge in [0, 0.05) is 93.7 Å². The third-order valence-corrected chi connectivity index (χ3v) is 29.6. The summed E-state index contributed by atoms with van der Waals surface area (Å²) in [6.45, 7) is 11.2. The van der Waals surface area contributed by atoms with Crippen LogP contribution in [0.5, 0.6) is 0 Å². The number of nitrogens with one attached hydrogen (secondary N) is 3. The maximum Gasteiger partial charge on any atom is 0.697 e. The highest BCUT2D eigenvalue weighted by Crippen LogP contribution is 2.67. The lowest BCUT2D eigenvalue weighted by Crippen LogP contribution is -2.55. The molecule has 26 atom stereocenters. The number of aliphatic hydroxyl groups excluding tert-OH is 8. The first-order valence-electron chi connectivity index (χ1n) is 44.1. The van der Waals surface area contributed by atoms with Gasteiger partial charge in [0.15, 0.2) is 18.4 Å². The fourth-order valence-corrected chi connectivity index (χ4v) is 22.3. The van der Waals surface area contributed by atoms with Gasteiger partial charge in [-0.3, -0.25) is 24.0 Å². The molecule has 116 heavy (non-hydrogen) atoms. The number of carbonyl (C=O) groups is 6. The summed E-state index contributed by atoms with van der Waals surface area (Å²) in [5.41, 5.74) is 2.06. The molecule has 0 radical (unpaired) electrons. The molecule has 0 aromatic rings. The molecule has 666 valence electrons. The minimum atomic E-state index is -3.77. The molecule has 0 aromatic carbocycles. The van der Waals surface area contributed by atoms with Crippen molar-refractivity contribution in [2.24, 2.45) is 70.0 Å². The zero-order chi connectivity index (χ0) is 84.3. The topological polar surface area (TPSA) is 424 Å². The number of hydrogen-bond donors (Lipinski definition) is 12. The quantitative estimate of drug-likeness (QED) is 0.0153.